The van der Waals surface area contributed by atoms with Crippen LogP contribution < -0.4 is 5.32 Å². The van der Waals surface area contributed by atoms with E-state index in [2.05, 4.69) is 5.32 Å². The maximum Gasteiger partial charge on any atom is 0.320 e. The van der Waals surface area contributed by atoms with Gasteiger partial charge in [0.25, 0.3) is 0 Å². The number of likely N-dealkylation sites (tertiary alicyclic amines) is 1. The van der Waals surface area contributed by atoms with Crippen LogP contribution in [-0.2, 0) is 16.1 Å². The highest BCUT2D eigenvalue weighted by molar-refractivity contribution is 6.31. The van der Waals surface area contributed by atoms with E-state index in [0.717, 1.165) is 18.5 Å². The van der Waals surface area contributed by atoms with Crippen molar-refractivity contribution in [2.45, 2.75) is 31.8 Å². The van der Waals surface area contributed by atoms with E-state index in [0.29, 0.717) is 31.0 Å². The molecule has 0 bridgehead atoms. The van der Waals surface area contributed by atoms with Gasteiger partial charge in [-0.15, -0.1) is 0 Å². The van der Waals surface area contributed by atoms with Gasteiger partial charge in [-0.1, -0.05) is 29.8 Å². The number of nitrogens with one attached hydrogen (secondary N) is 1. The molecule has 0 aromatic heterocycles. The summed E-state index contributed by atoms with van der Waals surface area (Å²) in [6, 6.07) is 6.91. The van der Waals surface area contributed by atoms with Crippen molar-refractivity contribution < 1.29 is 14.7 Å². The van der Waals surface area contributed by atoms with Gasteiger partial charge in [0, 0.05) is 24.5 Å². The third kappa shape index (κ3) is 4.44. The minimum atomic E-state index is -0.802. The number of hydrogen-bond acceptors (Lipinski definition) is 3. The van der Waals surface area contributed by atoms with E-state index in [4.69, 9.17) is 16.7 Å². The Bertz CT molecular complexity index is 521. The number of carbonyl (C=O) groups excluding carboxylic acids is 1. The van der Waals surface area contributed by atoms with Gasteiger partial charge >= 0.3 is 5.97 Å². The summed E-state index contributed by atoms with van der Waals surface area (Å²) >= 11 is 6.02. The molecule has 1 aromatic carbocycles. The Morgan fingerprint density at radius 2 is 2.14 bits per heavy atom. The second-order valence-corrected chi connectivity index (χ2v) is 5.56. The van der Waals surface area contributed by atoms with E-state index in [9.17, 15) is 9.59 Å². The normalized spacial score (nSPS) is 18.6. The Labute approximate surface area is 128 Å². The van der Waals surface area contributed by atoms with E-state index >= 15 is 0 Å². The summed E-state index contributed by atoms with van der Waals surface area (Å²) in [5.41, 5.74) is 0.872. The summed E-state index contributed by atoms with van der Waals surface area (Å²) in [5, 5.41) is 12.5. The smallest absolute Gasteiger partial charge is 0.320 e. The van der Waals surface area contributed by atoms with Crippen LogP contribution in [0.2, 0.25) is 5.02 Å². The van der Waals surface area contributed by atoms with Gasteiger partial charge in [-0.2, -0.15) is 0 Å². The molecular weight excluding hydrogens is 292 g/mol. The number of nitrogens with zero attached hydrogens (tertiary/aromatic N) is 1. The summed E-state index contributed by atoms with van der Waals surface area (Å²) in [5.74, 6) is -0.894. The number of carboxylic acid groups (broad SMARTS) is 1. The largest absolute Gasteiger partial charge is 0.480 e. The molecule has 1 amide bonds. The maximum atomic E-state index is 11.8. The molecule has 114 valence electrons. The van der Waals surface area contributed by atoms with Crippen LogP contribution in [0.25, 0.3) is 0 Å². The number of carbonyl (C=O) groups is 2. The second kappa shape index (κ2) is 7.43. The van der Waals surface area contributed by atoms with Crippen LogP contribution in [0.4, 0.5) is 0 Å². The zero-order valence-electron chi connectivity index (χ0n) is 11.7. The number of aliphatic carboxylic acids is 1. The van der Waals surface area contributed by atoms with Crippen molar-refractivity contribution in [3.63, 3.8) is 0 Å². The molecule has 0 radical (unpaired) electrons. The molecule has 21 heavy (non-hydrogen) atoms. The molecule has 0 unspecified atom stereocenters. The quantitative estimate of drug-likeness (QED) is 0.842. The molecule has 2 N–H and O–H groups in total. The van der Waals surface area contributed by atoms with Gasteiger partial charge in [-0.05, 0) is 31.0 Å². The number of hydrogen-bond donors (Lipinski definition) is 2. The highest BCUT2D eigenvalue weighted by atomic mass is 35.5. The van der Waals surface area contributed by atoms with Gasteiger partial charge in [0.2, 0.25) is 5.91 Å². The predicted molar refractivity (Wildman–Crippen MR) is 80.1 cm³/mol. The first-order valence-corrected chi connectivity index (χ1v) is 7.42. The molecule has 0 spiro atoms. The Kier molecular flexibility index (Phi) is 5.59. The zero-order valence-corrected chi connectivity index (χ0v) is 12.5. The van der Waals surface area contributed by atoms with Crippen LogP contribution in [0.15, 0.2) is 24.3 Å². The van der Waals surface area contributed by atoms with Gasteiger partial charge in [0.05, 0.1) is 0 Å². The first kappa shape index (κ1) is 15.8. The lowest BCUT2D eigenvalue weighted by atomic mass is 10.2. The number of rotatable bonds is 6. The third-order valence-electron chi connectivity index (χ3n) is 3.71. The zero-order chi connectivity index (χ0) is 15.2. The lowest BCUT2D eigenvalue weighted by Crippen LogP contribution is -2.38. The SMILES string of the molecule is O=C(CCN1CCC[C@@H]1C(=O)O)NCc1ccccc1Cl. The van der Waals surface area contributed by atoms with E-state index in [1.165, 1.54) is 0 Å². The fourth-order valence-corrected chi connectivity index (χ4v) is 2.75. The first-order chi connectivity index (χ1) is 10.1. The fourth-order valence-electron chi connectivity index (χ4n) is 2.54. The summed E-state index contributed by atoms with van der Waals surface area (Å²) in [4.78, 5) is 24.7. The lowest BCUT2D eigenvalue weighted by molar-refractivity contribution is -0.142. The summed E-state index contributed by atoms with van der Waals surface area (Å²) < 4.78 is 0. The van der Waals surface area contributed by atoms with Gasteiger partial charge in [-0.3, -0.25) is 14.5 Å². The standard InChI is InChI=1S/C15H19ClN2O3/c16-12-5-2-1-4-11(12)10-17-14(19)7-9-18-8-3-6-13(18)15(20)21/h1-2,4-5,13H,3,6-10H2,(H,17,19)(H,20,21)/t13-/m1/s1. The van der Waals surface area contributed by atoms with Crippen molar-refractivity contribution in [2.24, 2.45) is 0 Å². The minimum absolute atomic E-state index is 0.0917. The molecule has 6 heteroatoms. The minimum Gasteiger partial charge on any atom is -0.480 e. The van der Waals surface area contributed by atoms with Crippen LogP contribution in [0.5, 0.6) is 0 Å². The molecule has 2 rings (SSSR count). The van der Waals surface area contributed by atoms with Crippen molar-refractivity contribution >= 4 is 23.5 Å². The summed E-state index contributed by atoms with van der Waals surface area (Å²) in [6.45, 7) is 1.61. The van der Waals surface area contributed by atoms with Crippen LogP contribution >= 0.6 is 11.6 Å². The third-order valence-corrected chi connectivity index (χ3v) is 4.08. The van der Waals surface area contributed by atoms with Crippen LogP contribution in [-0.4, -0.2) is 41.0 Å². The fraction of sp³-hybridized carbons (Fsp3) is 0.467. The molecule has 1 fully saturated rings. The van der Waals surface area contributed by atoms with Crippen molar-refractivity contribution in [3.05, 3.63) is 34.9 Å². The molecule has 1 heterocycles. The number of carboxylic acids is 1. The van der Waals surface area contributed by atoms with Crippen molar-refractivity contribution in [1.29, 1.82) is 0 Å². The average Bonchev–Trinajstić information content (AvgIpc) is 2.93. The van der Waals surface area contributed by atoms with Crippen molar-refractivity contribution in [3.8, 4) is 0 Å². The average molecular weight is 311 g/mol. The van der Waals surface area contributed by atoms with Gasteiger partial charge < -0.3 is 10.4 Å². The molecule has 1 aliphatic heterocycles. The molecule has 5 nitrogen and oxygen atoms in total. The molecule has 0 aliphatic carbocycles. The lowest BCUT2D eigenvalue weighted by Gasteiger charge is -2.20. The predicted octanol–water partition coefficient (Wildman–Crippen LogP) is 1.90. The van der Waals surface area contributed by atoms with E-state index in [-0.39, 0.29) is 5.91 Å². The second-order valence-electron chi connectivity index (χ2n) is 5.15. The molecular formula is C15H19ClN2O3. The van der Waals surface area contributed by atoms with E-state index in [1.807, 2.05) is 23.1 Å². The topological polar surface area (TPSA) is 69.6 Å². The Morgan fingerprint density at radius 3 is 2.86 bits per heavy atom. The maximum absolute atomic E-state index is 11.8. The number of halogens is 1. The molecule has 0 saturated carbocycles. The number of benzene rings is 1. The highest BCUT2D eigenvalue weighted by Gasteiger charge is 2.30. The van der Waals surface area contributed by atoms with Gasteiger partial charge in [0.1, 0.15) is 6.04 Å². The van der Waals surface area contributed by atoms with Gasteiger partial charge in [-0.25, -0.2) is 0 Å². The molecule has 1 aromatic rings. The van der Waals surface area contributed by atoms with Crippen LogP contribution in [0, 0.1) is 0 Å². The summed E-state index contributed by atoms with van der Waals surface area (Å²) in [7, 11) is 0. The molecule has 1 aliphatic rings. The Hall–Kier alpha value is -1.59. The summed E-state index contributed by atoms with van der Waals surface area (Å²) in [6.07, 6.45) is 1.84. The Morgan fingerprint density at radius 1 is 1.38 bits per heavy atom. The first-order valence-electron chi connectivity index (χ1n) is 7.05. The van der Waals surface area contributed by atoms with Crippen molar-refractivity contribution in [1.82, 2.24) is 10.2 Å². The van der Waals surface area contributed by atoms with Crippen LogP contribution in [0.1, 0.15) is 24.8 Å². The highest BCUT2D eigenvalue weighted by Crippen LogP contribution is 2.17. The van der Waals surface area contributed by atoms with Crippen molar-refractivity contribution in [2.75, 3.05) is 13.1 Å². The van der Waals surface area contributed by atoms with E-state index in [1.54, 1.807) is 6.07 Å². The molecule has 1 saturated heterocycles. The Balaban J connectivity index is 1.75. The number of amides is 1. The monoisotopic (exact) mass is 310 g/mol. The molecule has 1 atom stereocenters. The van der Waals surface area contributed by atoms with E-state index < -0.39 is 12.0 Å². The van der Waals surface area contributed by atoms with Crippen LogP contribution in [0.3, 0.4) is 0 Å². The van der Waals surface area contributed by atoms with Gasteiger partial charge in [0.15, 0.2) is 0 Å².